The van der Waals surface area contributed by atoms with E-state index in [1.165, 1.54) is 43.6 Å². The number of thioether (sulfide) groups is 1. The molecule has 4 fully saturated rings. The van der Waals surface area contributed by atoms with E-state index < -0.39 is 0 Å². The van der Waals surface area contributed by atoms with Crippen LogP contribution in [0, 0.1) is 0 Å². The van der Waals surface area contributed by atoms with E-state index in [4.69, 9.17) is 4.74 Å². The monoisotopic (exact) mass is 283 g/mol. The summed E-state index contributed by atoms with van der Waals surface area (Å²) in [7, 11) is 0. The molecule has 0 aromatic carbocycles. The average Bonchev–Trinajstić information content (AvgIpc) is 2.94. The minimum atomic E-state index is -0.0374. The molecule has 0 aliphatic carbocycles. The molecule has 0 radical (unpaired) electrons. The number of fused-ring (bicyclic) bond motifs is 2. The van der Waals surface area contributed by atoms with Gasteiger partial charge in [-0.1, -0.05) is 0 Å². The number of nitrogens with zero attached hydrogens (tertiary/aromatic N) is 1. The summed E-state index contributed by atoms with van der Waals surface area (Å²) in [6.07, 6.45) is 8.29. The van der Waals surface area contributed by atoms with Crippen LogP contribution >= 0.6 is 11.8 Å². The molecule has 4 rings (SSSR count). The molecule has 3 nitrogen and oxygen atoms in total. The molecule has 4 atom stereocenters. The highest BCUT2D eigenvalue weighted by Gasteiger charge is 2.48. The van der Waals surface area contributed by atoms with Crippen molar-refractivity contribution in [3.63, 3.8) is 0 Å². The maximum absolute atomic E-state index is 9.96. The molecule has 4 saturated heterocycles. The van der Waals surface area contributed by atoms with Crippen molar-refractivity contribution in [1.82, 2.24) is 4.90 Å². The Bertz CT molecular complexity index is 331. The largest absolute Gasteiger partial charge is 0.393 e. The van der Waals surface area contributed by atoms with Crippen LogP contribution in [0.3, 0.4) is 0 Å². The Morgan fingerprint density at radius 3 is 2.58 bits per heavy atom. The molecule has 4 aliphatic rings. The third-order valence-corrected chi connectivity index (χ3v) is 6.94. The van der Waals surface area contributed by atoms with Gasteiger partial charge in [-0.05, 0) is 50.7 Å². The van der Waals surface area contributed by atoms with Crippen molar-refractivity contribution in [3.05, 3.63) is 0 Å². The summed E-state index contributed by atoms with van der Waals surface area (Å²) in [5.41, 5.74) is 0.198. The lowest BCUT2D eigenvalue weighted by Crippen LogP contribution is -2.55. The van der Waals surface area contributed by atoms with Gasteiger partial charge < -0.3 is 9.84 Å². The summed E-state index contributed by atoms with van der Waals surface area (Å²) >= 11 is 2.06. The van der Waals surface area contributed by atoms with Gasteiger partial charge in [0.2, 0.25) is 0 Å². The smallest absolute Gasteiger partial charge is 0.0795 e. The van der Waals surface area contributed by atoms with Crippen LogP contribution in [-0.4, -0.2) is 57.9 Å². The quantitative estimate of drug-likeness (QED) is 0.798. The van der Waals surface area contributed by atoms with E-state index in [9.17, 15) is 5.11 Å². The second-order valence-electron chi connectivity index (χ2n) is 6.94. The summed E-state index contributed by atoms with van der Waals surface area (Å²) in [6, 6.07) is 2.03. The van der Waals surface area contributed by atoms with Gasteiger partial charge in [-0.15, -0.1) is 0 Å². The van der Waals surface area contributed by atoms with Crippen LogP contribution in [-0.2, 0) is 4.74 Å². The highest BCUT2D eigenvalue weighted by atomic mass is 32.2. The Balaban J connectivity index is 1.50. The highest BCUT2D eigenvalue weighted by Crippen LogP contribution is 2.44. The molecule has 1 spiro atoms. The van der Waals surface area contributed by atoms with Crippen LogP contribution in [0.15, 0.2) is 0 Å². The van der Waals surface area contributed by atoms with E-state index >= 15 is 0 Å². The minimum absolute atomic E-state index is 0.0374. The molecule has 4 heterocycles. The van der Waals surface area contributed by atoms with Crippen molar-refractivity contribution in [1.29, 1.82) is 0 Å². The molecule has 4 aliphatic heterocycles. The first kappa shape index (κ1) is 12.9. The lowest BCUT2D eigenvalue weighted by molar-refractivity contribution is -0.106. The van der Waals surface area contributed by atoms with Gasteiger partial charge in [-0.2, -0.15) is 11.8 Å². The zero-order valence-corrected chi connectivity index (χ0v) is 12.4. The Labute approximate surface area is 120 Å². The van der Waals surface area contributed by atoms with Gasteiger partial charge in [0.25, 0.3) is 0 Å². The van der Waals surface area contributed by atoms with Crippen molar-refractivity contribution >= 4 is 11.8 Å². The molecule has 0 aromatic heterocycles. The molecule has 2 bridgehead atoms. The van der Waals surface area contributed by atoms with Crippen LogP contribution < -0.4 is 0 Å². The zero-order chi connectivity index (χ0) is 12.9. The number of hydrogen-bond donors (Lipinski definition) is 1. The fraction of sp³-hybridized carbons (Fsp3) is 1.00. The first-order valence-corrected chi connectivity index (χ1v) is 9.08. The summed E-state index contributed by atoms with van der Waals surface area (Å²) in [5, 5.41) is 9.96. The fourth-order valence-corrected chi connectivity index (χ4v) is 6.28. The van der Waals surface area contributed by atoms with Gasteiger partial charge in [0.1, 0.15) is 0 Å². The first-order valence-electron chi connectivity index (χ1n) is 7.93. The lowest BCUT2D eigenvalue weighted by Gasteiger charge is -2.48. The third-order valence-electron chi connectivity index (χ3n) is 5.72. The van der Waals surface area contributed by atoms with Crippen molar-refractivity contribution < 1.29 is 9.84 Å². The summed E-state index contributed by atoms with van der Waals surface area (Å²) < 4.78 is 6.16. The van der Waals surface area contributed by atoms with E-state index in [0.717, 1.165) is 25.5 Å². The minimum Gasteiger partial charge on any atom is -0.393 e. The SMILES string of the molecule is OC1CC2CCC(C1)N2C1CCOC2(CCSC2)C1. The Morgan fingerprint density at radius 1 is 1.11 bits per heavy atom. The van der Waals surface area contributed by atoms with Crippen molar-refractivity contribution in [3.8, 4) is 0 Å². The molecule has 4 heteroatoms. The number of rotatable bonds is 1. The maximum atomic E-state index is 9.96. The molecular formula is C15H25NO2S. The maximum Gasteiger partial charge on any atom is 0.0795 e. The standard InChI is InChI=1S/C15H25NO2S/c17-14-7-11-1-2-12(8-14)16(11)13-3-5-18-15(9-13)4-6-19-10-15/h11-14,17H,1-10H2. The van der Waals surface area contributed by atoms with Gasteiger partial charge in [-0.25, -0.2) is 0 Å². The summed E-state index contributed by atoms with van der Waals surface area (Å²) in [6.45, 7) is 0.948. The molecule has 0 aromatic rings. The predicted molar refractivity (Wildman–Crippen MR) is 77.5 cm³/mol. The Hall–Kier alpha value is 0.230. The van der Waals surface area contributed by atoms with Gasteiger partial charge in [-0.3, -0.25) is 4.90 Å². The van der Waals surface area contributed by atoms with Gasteiger partial charge >= 0.3 is 0 Å². The normalized spacial score (nSPS) is 51.0. The van der Waals surface area contributed by atoms with Crippen LogP contribution in [0.1, 0.15) is 44.9 Å². The number of hydrogen-bond acceptors (Lipinski definition) is 4. The fourth-order valence-electron chi connectivity index (χ4n) is 4.90. The van der Waals surface area contributed by atoms with E-state index in [2.05, 4.69) is 16.7 Å². The van der Waals surface area contributed by atoms with Crippen LogP contribution in [0.25, 0.3) is 0 Å². The van der Waals surface area contributed by atoms with E-state index in [1.807, 2.05) is 0 Å². The van der Waals surface area contributed by atoms with Gasteiger partial charge in [0, 0.05) is 30.5 Å². The molecule has 4 unspecified atom stereocenters. The number of ether oxygens (including phenoxy) is 1. The number of aliphatic hydroxyl groups excluding tert-OH is 1. The molecule has 1 N–H and O–H groups in total. The molecule has 0 saturated carbocycles. The topological polar surface area (TPSA) is 32.7 Å². The molecule has 108 valence electrons. The van der Waals surface area contributed by atoms with Crippen molar-refractivity contribution in [2.24, 2.45) is 0 Å². The lowest BCUT2D eigenvalue weighted by atomic mass is 9.86. The van der Waals surface area contributed by atoms with Gasteiger partial charge in [0.15, 0.2) is 0 Å². The van der Waals surface area contributed by atoms with Crippen LogP contribution in [0.4, 0.5) is 0 Å². The molecular weight excluding hydrogens is 258 g/mol. The number of piperidine rings is 1. The number of aliphatic hydroxyl groups is 1. The second kappa shape index (κ2) is 4.90. The second-order valence-corrected chi connectivity index (χ2v) is 8.04. The highest BCUT2D eigenvalue weighted by molar-refractivity contribution is 7.99. The van der Waals surface area contributed by atoms with Crippen LogP contribution in [0.2, 0.25) is 0 Å². The average molecular weight is 283 g/mol. The summed E-state index contributed by atoms with van der Waals surface area (Å²) in [5.74, 6) is 2.48. The van der Waals surface area contributed by atoms with Crippen LogP contribution in [0.5, 0.6) is 0 Å². The van der Waals surface area contributed by atoms with Crippen molar-refractivity contribution in [2.45, 2.75) is 74.8 Å². The van der Waals surface area contributed by atoms with E-state index in [1.54, 1.807) is 0 Å². The van der Waals surface area contributed by atoms with E-state index in [0.29, 0.717) is 12.1 Å². The van der Waals surface area contributed by atoms with Crippen molar-refractivity contribution in [2.75, 3.05) is 18.1 Å². The molecule has 0 amide bonds. The first-order chi connectivity index (χ1) is 9.26. The Morgan fingerprint density at radius 2 is 1.89 bits per heavy atom. The Kier molecular flexibility index (Phi) is 3.34. The van der Waals surface area contributed by atoms with E-state index in [-0.39, 0.29) is 11.7 Å². The third kappa shape index (κ3) is 2.25. The van der Waals surface area contributed by atoms with Gasteiger partial charge in [0.05, 0.1) is 11.7 Å². The molecule has 19 heavy (non-hydrogen) atoms. The predicted octanol–water partition coefficient (Wildman–Crippen LogP) is 2.03. The zero-order valence-electron chi connectivity index (χ0n) is 11.6. The summed E-state index contributed by atoms with van der Waals surface area (Å²) in [4.78, 5) is 2.79.